The van der Waals surface area contributed by atoms with Crippen LogP contribution in [0, 0.1) is 6.92 Å². The minimum absolute atomic E-state index is 0.157. The molecule has 164 valence electrons. The highest BCUT2D eigenvalue weighted by molar-refractivity contribution is 5.95. The van der Waals surface area contributed by atoms with Crippen LogP contribution in [-0.2, 0) is 16.6 Å². The number of pyridine rings is 1. The van der Waals surface area contributed by atoms with Crippen molar-refractivity contribution in [2.75, 3.05) is 0 Å². The predicted molar refractivity (Wildman–Crippen MR) is 119 cm³/mol. The molecule has 0 saturated heterocycles. The summed E-state index contributed by atoms with van der Waals surface area (Å²) < 4.78 is 1.68. The summed E-state index contributed by atoms with van der Waals surface area (Å²) in [5.41, 5.74) is 8.93. The Bertz CT molecular complexity index is 1170. The van der Waals surface area contributed by atoms with Crippen LogP contribution in [0.2, 0.25) is 0 Å². The number of amides is 1. The van der Waals surface area contributed by atoms with Crippen LogP contribution in [0.1, 0.15) is 55.4 Å². The van der Waals surface area contributed by atoms with E-state index in [4.69, 9.17) is 10.7 Å². The molecule has 1 aliphatic carbocycles. The van der Waals surface area contributed by atoms with Crippen LogP contribution >= 0.6 is 0 Å². The Balaban J connectivity index is 1.96. The molecule has 3 heterocycles. The molecule has 2 N–H and O–H groups in total. The van der Waals surface area contributed by atoms with Gasteiger partial charge in [0.1, 0.15) is 0 Å². The maximum absolute atomic E-state index is 12.4. The first-order chi connectivity index (χ1) is 15.4. The van der Waals surface area contributed by atoms with E-state index in [1.807, 2.05) is 25.3 Å². The first-order valence-electron chi connectivity index (χ1n) is 10.6. The second-order valence-electron chi connectivity index (χ2n) is 8.15. The molecule has 2 unspecified atom stereocenters. The third-order valence-corrected chi connectivity index (χ3v) is 5.97. The van der Waals surface area contributed by atoms with Crippen molar-refractivity contribution in [2.24, 2.45) is 5.73 Å². The fourth-order valence-corrected chi connectivity index (χ4v) is 4.17. The van der Waals surface area contributed by atoms with Crippen molar-refractivity contribution in [3.63, 3.8) is 0 Å². The van der Waals surface area contributed by atoms with E-state index >= 15 is 0 Å². The Hall–Kier alpha value is -3.75. The van der Waals surface area contributed by atoms with Gasteiger partial charge in [-0.3, -0.25) is 19.7 Å². The molecule has 3 aromatic heterocycles. The minimum Gasteiger partial charge on any atom is -0.366 e. The molecule has 32 heavy (non-hydrogen) atoms. The van der Waals surface area contributed by atoms with E-state index in [2.05, 4.69) is 45.4 Å². The van der Waals surface area contributed by atoms with Crippen molar-refractivity contribution in [3.8, 4) is 0 Å². The lowest BCUT2D eigenvalue weighted by atomic mass is 9.65. The van der Waals surface area contributed by atoms with Gasteiger partial charge in [-0.25, -0.2) is 0 Å². The van der Waals surface area contributed by atoms with Gasteiger partial charge in [-0.2, -0.15) is 4.68 Å². The van der Waals surface area contributed by atoms with Gasteiger partial charge < -0.3 is 5.73 Å². The highest BCUT2D eigenvalue weighted by Gasteiger charge is 2.43. The van der Waals surface area contributed by atoms with Crippen LogP contribution in [0.4, 0.5) is 0 Å². The molecule has 9 nitrogen and oxygen atoms in total. The fourth-order valence-electron chi connectivity index (χ4n) is 4.17. The van der Waals surface area contributed by atoms with Crippen molar-refractivity contribution in [3.05, 3.63) is 77.4 Å². The molecule has 3 aromatic rings. The maximum Gasteiger partial charge on any atom is 0.244 e. The average Bonchev–Trinajstić information content (AvgIpc) is 3.28. The molecule has 4 rings (SSSR count). The van der Waals surface area contributed by atoms with Crippen molar-refractivity contribution in [1.29, 1.82) is 0 Å². The molecule has 9 heteroatoms. The van der Waals surface area contributed by atoms with Crippen LogP contribution in [0.25, 0.3) is 5.70 Å². The number of primary amides is 1. The van der Waals surface area contributed by atoms with Crippen LogP contribution < -0.4 is 5.73 Å². The Kier molecular flexibility index (Phi) is 5.89. The number of carbonyl (C=O) groups excluding carboxylic acids is 1. The van der Waals surface area contributed by atoms with Gasteiger partial charge in [-0.05, 0) is 54.0 Å². The van der Waals surface area contributed by atoms with Crippen molar-refractivity contribution < 1.29 is 4.79 Å². The molecular formula is C23H26N8O. The van der Waals surface area contributed by atoms with E-state index in [0.717, 1.165) is 29.2 Å². The minimum atomic E-state index is -0.701. The van der Waals surface area contributed by atoms with Gasteiger partial charge in [0, 0.05) is 48.1 Å². The summed E-state index contributed by atoms with van der Waals surface area (Å²) in [5, 5.41) is 12.2. The van der Waals surface area contributed by atoms with Crippen LogP contribution in [0.15, 0.2) is 54.6 Å². The molecule has 0 radical (unpaired) electrons. The Morgan fingerprint density at radius 1 is 1.25 bits per heavy atom. The third kappa shape index (κ3) is 3.93. The average molecular weight is 431 g/mol. The number of aryl methyl sites for hydroxylation is 2. The second-order valence-corrected chi connectivity index (χ2v) is 8.15. The first kappa shape index (κ1) is 21.5. The molecule has 2 atom stereocenters. The molecule has 1 aliphatic rings. The van der Waals surface area contributed by atoms with Crippen LogP contribution in [0.5, 0.6) is 0 Å². The quantitative estimate of drug-likeness (QED) is 0.610. The smallest absolute Gasteiger partial charge is 0.244 e. The Morgan fingerprint density at radius 3 is 2.75 bits per heavy atom. The number of rotatable bonds is 7. The monoisotopic (exact) mass is 430 g/mol. The SMILES string of the molecule is CCCc1nnnn1C1=CC(c2ccc(C)cn2)(C(C)c2cnccn2)CC(C(N)=O)=C1. The lowest BCUT2D eigenvalue weighted by molar-refractivity contribution is -0.114. The predicted octanol–water partition coefficient (Wildman–Crippen LogP) is 2.52. The lowest BCUT2D eigenvalue weighted by Crippen LogP contribution is -2.37. The van der Waals surface area contributed by atoms with E-state index in [1.54, 1.807) is 29.3 Å². The summed E-state index contributed by atoms with van der Waals surface area (Å²) in [6.45, 7) is 6.12. The lowest BCUT2D eigenvalue weighted by Gasteiger charge is -2.39. The van der Waals surface area contributed by atoms with Crippen molar-refractivity contribution in [1.82, 2.24) is 35.2 Å². The van der Waals surface area contributed by atoms with E-state index in [9.17, 15) is 4.79 Å². The Labute approximate surface area is 186 Å². The number of carbonyl (C=O) groups is 1. The standard InChI is InChI=1S/C23H26N8O/c1-4-5-21-28-29-30-31(21)18-10-17(22(24)32)11-23(12-18,20-7-6-15(2)13-27-20)16(3)19-14-25-8-9-26-19/h6-10,12-14,16H,4-5,11H2,1-3H3,(H2,24,32). The summed E-state index contributed by atoms with van der Waals surface area (Å²) in [5.74, 6) is 0.0813. The summed E-state index contributed by atoms with van der Waals surface area (Å²) in [6.07, 6.45) is 12.7. The fraction of sp³-hybridized carbons (Fsp3) is 0.348. The largest absolute Gasteiger partial charge is 0.366 e. The number of tetrazole rings is 1. The highest BCUT2D eigenvalue weighted by atomic mass is 16.1. The van der Waals surface area contributed by atoms with E-state index in [-0.39, 0.29) is 5.92 Å². The maximum atomic E-state index is 12.4. The molecule has 0 bridgehead atoms. The first-order valence-corrected chi connectivity index (χ1v) is 10.6. The molecule has 0 saturated carbocycles. The summed E-state index contributed by atoms with van der Waals surface area (Å²) in [7, 11) is 0. The highest BCUT2D eigenvalue weighted by Crippen LogP contribution is 2.47. The number of nitrogens with two attached hydrogens (primary N) is 1. The molecule has 1 amide bonds. The number of hydrogen-bond acceptors (Lipinski definition) is 7. The van der Waals surface area contributed by atoms with E-state index in [0.29, 0.717) is 24.1 Å². The molecular weight excluding hydrogens is 404 g/mol. The van der Waals surface area contributed by atoms with Gasteiger partial charge in [0.25, 0.3) is 0 Å². The van der Waals surface area contributed by atoms with Gasteiger partial charge in [-0.15, -0.1) is 5.10 Å². The van der Waals surface area contributed by atoms with Gasteiger partial charge >= 0.3 is 0 Å². The zero-order valence-corrected chi connectivity index (χ0v) is 18.4. The molecule has 0 aromatic carbocycles. The number of aromatic nitrogens is 7. The summed E-state index contributed by atoms with van der Waals surface area (Å²) in [6, 6.07) is 4.01. The van der Waals surface area contributed by atoms with E-state index in [1.165, 1.54) is 0 Å². The zero-order valence-electron chi connectivity index (χ0n) is 18.4. The molecule has 0 spiro atoms. The van der Waals surface area contributed by atoms with Gasteiger partial charge in [0.05, 0.1) is 17.1 Å². The molecule has 0 aliphatic heterocycles. The Morgan fingerprint density at radius 2 is 2.09 bits per heavy atom. The van der Waals surface area contributed by atoms with Gasteiger partial charge in [-0.1, -0.05) is 19.9 Å². The van der Waals surface area contributed by atoms with Gasteiger partial charge in [0.15, 0.2) is 5.82 Å². The summed E-state index contributed by atoms with van der Waals surface area (Å²) >= 11 is 0. The van der Waals surface area contributed by atoms with Gasteiger partial charge in [0.2, 0.25) is 5.91 Å². The third-order valence-electron chi connectivity index (χ3n) is 5.97. The number of allylic oxidation sites excluding steroid dienone is 3. The van der Waals surface area contributed by atoms with Crippen molar-refractivity contribution in [2.45, 2.75) is 51.4 Å². The number of nitrogens with zero attached hydrogens (tertiary/aromatic N) is 7. The topological polar surface area (TPSA) is 125 Å². The second kappa shape index (κ2) is 8.78. The van der Waals surface area contributed by atoms with Crippen molar-refractivity contribution >= 4 is 11.6 Å². The van der Waals surface area contributed by atoms with Crippen LogP contribution in [0.3, 0.4) is 0 Å². The van der Waals surface area contributed by atoms with E-state index < -0.39 is 11.3 Å². The zero-order chi connectivity index (χ0) is 22.7. The molecule has 0 fully saturated rings. The normalized spacial score (nSPS) is 19.2. The number of hydrogen-bond donors (Lipinski definition) is 1. The van der Waals surface area contributed by atoms with Crippen LogP contribution in [-0.4, -0.2) is 41.1 Å². The summed E-state index contributed by atoms with van der Waals surface area (Å²) in [4.78, 5) is 26.0.